The summed E-state index contributed by atoms with van der Waals surface area (Å²) >= 11 is 0. The highest BCUT2D eigenvalue weighted by atomic mass is 16.1. The molecule has 1 saturated heterocycles. The zero-order valence-corrected chi connectivity index (χ0v) is 9.02. The Labute approximate surface area is 93.9 Å². The van der Waals surface area contributed by atoms with Crippen LogP contribution in [-0.4, -0.2) is 42.1 Å². The standard InChI is InChI=1S/C10H15N5O/c11-9(16)8-10(14-4-3-13-8)15-6-1-2-12-5-7-15/h3-4,12H,1-2,5-7H2,(H2,11,16). The lowest BCUT2D eigenvalue weighted by molar-refractivity contribution is 0.0995. The van der Waals surface area contributed by atoms with Gasteiger partial charge < -0.3 is 16.0 Å². The Morgan fingerprint density at radius 2 is 2.12 bits per heavy atom. The zero-order valence-electron chi connectivity index (χ0n) is 9.02. The first kappa shape index (κ1) is 10.8. The van der Waals surface area contributed by atoms with Crippen molar-refractivity contribution >= 4 is 11.7 Å². The smallest absolute Gasteiger partial charge is 0.271 e. The van der Waals surface area contributed by atoms with Gasteiger partial charge in [0.2, 0.25) is 0 Å². The molecule has 0 aromatic carbocycles. The first-order valence-electron chi connectivity index (χ1n) is 5.35. The normalized spacial score (nSPS) is 16.9. The Morgan fingerprint density at radius 3 is 2.94 bits per heavy atom. The van der Waals surface area contributed by atoms with E-state index < -0.39 is 5.91 Å². The third kappa shape index (κ3) is 2.27. The largest absolute Gasteiger partial charge is 0.364 e. The number of hydrogen-bond acceptors (Lipinski definition) is 5. The van der Waals surface area contributed by atoms with E-state index in [1.807, 2.05) is 4.90 Å². The number of hydrogen-bond donors (Lipinski definition) is 2. The third-order valence-corrected chi connectivity index (χ3v) is 2.55. The van der Waals surface area contributed by atoms with Gasteiger partial charge in [-0.3, -0.25) is 4.79 Å². The summed E-state index contributed by atoms with van der Waals surface area (Å²) in [6, 6.07) is 0. The van der Waals surface area contributed by atoms with Gasteiger partial charge in [0.1, 0.15) is 0 Å². The number of aromatic nitrogens is 2. The molecule has 1 aromatic heterocycles. The highest BCUT2D eigenvalue weighted by Gasteiger charge is 2.18. The zero-order chi connectivity index (χ0) is 11.4. The second-order valence-corrected chi connectivity index (χ2v) is 3.68. The van der Waals surface area contributed by atoms with Crippen molar-refractivity contribution < 1.29 is 4.79 Å². The molecule has 0 radical (unpaired) electrons. The van der Waals surface area contributed by atoms with E-state index in [1.54, 1.807) is 6.20 Å². The number of nitrogens with two attached hydrogens (primary N) is 1. The van der Waals surface area contributed by atoms with E-state index >= 15 is 0 Å². The van der Waals surface area contributed by atoms with Crippen LogP contribution in [0.15, 0.2) is 12.4 Å². The van der Waals surface area contributed by atoms with Crippen LogP contribution in [0.3, 0.4) is 0 Å². The van der Waals surface area contributed by atoms with Gasteiger partial charge in [0.25, 0.3) is 5.91 Å². The van der Waals surface area contributed by atoms with Crippen LogP contribution in [0.1, 0.15) is 16.9 Å². The number of anilines is 1. The highest BCUT2D eigenvalue weighted by Crippen LogP contribution is 2.15. The summed E-state index contributed by atoms with van der Waals surface area (Å²) in [7, 11) is 0. The second-order valence-electron chi connectivity index (χ2n) is 3.68. The molecule has 0 aliphatic carbocycles. The fourth-order valence-corrected chi connectivity index (χ4v) is 1.79. The number of carbonyl (C=O) groups excluding carboxylic acids is 1. The summed E-state index contributed by atoms with van der Waals surface area (Å²) < 4.78 is 0. The number of amides is 1. The molecular weight excluding hydrogens is 206 g/mol. The fourth-order valence-electron chi connectivity index (χ4n) is 1.79. The van der Waals surface area contributed by atoms with E-state index in [0.717, 1.165) is 32.6 Å². The van der Waals surface area contributed by atoms with Crippen LogP contribution in [0.2, 0.25) is 0 Å². The van der Waals surface area contributed by atoms with Crippen molar-refractivity contribution in [3.05, 3.63) is 18.1 Å². The predicted octanol–water partition coefficient (Wildman–Crippen LogP) is -0.625. The SMILES string of the molecule is NC(=O)c1nccnc1N1CCCNCC1. The lowest BCUT2D eigenvalue weighted by Gasteiger charge is -2.21. The summed E-state index contributed by atoms with van der Waals surface area (Å²) in [4.78, 5) is 21.5. The Bertz CT molecular complexity index is 373. The average molecular weight is 221 g/mol. The molecule has 0 saturated carbocycles. The highest BCUT2D eigenvalue weighted by molar-refractivity contribution is 5.95. The topological polar surface area (TPSA) is 84.1 Å². The predicted molar refractivity (Wildman–Crippen MR) is 60.2 cm³/mol. The summed E-state index contributed by atoms with van der Waals surface area (Å²) in [5, 5.41) is 3.29. The number of nitrogens with one attached hydrogen (secondary N) is 1. The van der Waals surface area contributed by atoms with Gasteiger partial charge in [0.15, 0.2) is 11.5 Å². The van der Waals surface area contributed by atoms with Gasteiger partial charge in [0, 0.05) is 32.0 Å². The molecule has 2 heterocycles. The molecule has 86 valence electrons. The van der Waals surface area contributed by atoms with Gasteiger partial charge in [-0.2, -0.15) is 0 Å². The molecule has 16 heavy (non-hydrogen) atoms. The summed E-state index contributed by atoms with van der Waals surface area (Å²) in [5.74, 6) is 0.0685. The van der Waals surface area contributed by atoms with Gasteiger partial charge in [-0.25, -0.2) is 9.97 Å². The lowest BCUT2D eigenvalue weighted by atomic mass is 10.3. The minimum Gasteiger partial charge on any atom is -0.364 e. The molecule has 1 aliphatic heterocycles. The van der Waals surface area contributed by atoms with Crippen LogP contribution in [0.25, 0.3) is 0 Å². The maximum absolute atomic E-state index is 11.2. The van der Waals surface area contributed by atoms with Crippen LogP contribution in [0, 0.1) is 0 Å². The van der Waals surface area contributed by atoms with Crippen molar-refractivity contribution in [2.45, 2.75) is 6.42 Å². The minimum atomic E-state index is -0.527. The van der Waals surface area contributed by atoms with Crippen molar-refractivity contribution in [1.29, 1.82) is 0 Å². The number of primary amides is 1. The molecule has 0 unspecified atom stereocenters. The summed E-state index contributed by atoms with van der Waals surface area (Å²) in [6.07, 6.45) is 4.09. The molecule has 3 N–H and O–H groups in total. The number of rotatable bonds is 2. The molecule has 0 atom stereocenters. The van der Waals surface area contributed by atoms with Crippen molar-refractivity contribution in [1.82, 2.24) is 15.3 Å². The lowest BCUT2D eigenvalue weighted by Crippen LogP contribution is -2.31. The molecule has 6 heteroatoms. The van der Waals surface area contributed by atoms with Crippen LogP contribution in [0.5, 0.6) is 0 Å². The second kappa shape index (κ2) is 4.89. The molecule has 1 fully saturated rings. The molecule has 6 nitrogen and oxygen atoms in total. The van der Waals surface area contributed by atoms with E-state index in [4.69, 9.17) is 5.73 Å². The molecule has 1 aliphatic rings. The summed E-state index contributed by atoms with van der Waals surface area (Å²) in [6.45, 7) is 3.56. The quantitative estimate of drug-likeness (QED) is 0.695. The van der Waals surface area contributed by atoms with Crippen molar-refractivity contribution in [2.24, 2.45) is 5.73 Å². The van der Waals surface area contributed by atoms with E-state index in [-0.39, 0.29) is 5.69 Å². The van der Waals surface area contributed by atoms with Gasteiger partial charge in [0.05, 0.1) is 0 Å². The Hall–Kier alpha value is -1.69. The maximum atomic E-state index is 11.2. The molecule has 1 amide bonds. The molecule has 1 aromatic rings. The Morgan fingerprint density at radius 1 is 1.31 bits per heavy atom. The van der Waals surface area contributed by atoms with Crippen LogP contribution in [-0.2, 0) is 0 Å². The third-order valence-electron chi connectivity index (χ3n) is 2.55. The van der Waals surface area contributed by atoms with Crippen LogP contribution < -0.4 is 16.0 Å². The first-order chi connectivity index (χ1) is 7.79. The average Bonchev–Trinajstić information content (AvgIpc) is 2.57. The number of carbonyl (C=O) groups is 1. The van der Waals surface area contributed by atoms with E-state index in [0.29, 0.717) is 5.82 Å². The Kier molecular flexibility index (Phi) is 3.31. The minimum absolute atomic E-state index is 0.254. The Balaban J connectivity index is 2.27. The molecule has 0 bridgehead atoms. The summed E-state index contributed by atoms with van der Waals surface area (Å²) in [5.41, 5.74) is 5.53. The van der Waals surface area contributed by atoms with Gasteiger partial charge in [-0.1, -0.05) is 0 Å². The van der Waals surface area contributed by atoms with Gasteiger partial charge in [-0.05, 0) is 13.0 Å². The molecular formula is C10H15N5O. The fraction of sp³-hybridized carbons (Fsp3) is 0.500. The van der Waals surface area contributed by atoms with Gasteiger partial charge >= 0.3 is 0 Å². The van der Waals surface area contributed by atoms with Crippen LogP contribution >= 0.6 is 0 Å². The van der Waals surface area contributed by atoms with Gasteiger partial charge in [-0.15, -0.1) is 0 Å². The molecule has 2 rings (SSSR count). The first-order valence-corrected chi connectivity index (χ1v) is 5.35. The number of nitrogens with zero attached hydrogens (tertiary/aromatic N) is 3. The van der Waals surface area contributed by atoms with Crippen molar-refractivity contribution in [3.8, 4) is 0 Å². The van der Waals surface area contributed by atoms with Crippen LogP contribution in [0.4, 0.5) is 5.82 Å². The van der Waals surface area contributed by atoms with Crippen molar-refractivity contribution in [2.75, 3.05) is 31.1 Å². The van der Waals surface area contributed by atoms with E-state index in [1.165, 1.54) is 6.20 Å². The van der Waals surface area contributed by atoms with Crippen molar-refractivity contribution in [3.63, 3.8) is 0 Å². The monoisotopic (exact) mass is 221 g/mol. The maximum Gasteiger partial charge on any atom is 0.271 e. The van der Waals surface area contributed by atoms with E-state index in [9.17, 15) is 4.79 Å². The van der Waals surface area contributed by atoms with E-state index in [2.05, 4.69) is 15.3 Å². The molecule has 0 spiro atoms.